The van der Waals surface area contributed by atoms with E-state index >= 15 is 0 Å². The number of rotatable bonds is 7. The molecule has 2 aromatic rings. The second kappa shape index (κ2) is 16.3. The van der Waals surface area contributed by atoms with Crippen LogP contribution >= 0.6 is 0 Å². The number of benzene rings is 2. The van der Waals surface area contributed by atoms with Gasteiger partial charge in [0.2, 0.25) is 10.0 Å². The molecule has 2 saturated heterocycles. The van der Waals surface area contributed by atoms with Gasteiger partial charge in [0.1, 0.15) is 34.9 Å². The predicted octanol–water partition coefficient (Wildman–Crippen LogP) is 6.27. The Kier molecular flexibility index (Phi) is 13.0. The smallest absolute Gasteiger partial charge is 0.410 e. The van der Waals surface area contributed by atoms with Gasteiger partial charge < -0.3 is 34.5 Å². The fourth-order valence-electron chi connectivity index (χ4n) is 4.75. The average Bonchev–Trinajstić information content (AvgIpc) is 2.98. The number of likely N-dealkylation sites (tertiary alicyclic amines) is 2. The van der Waals surface area contributed by atoms with Crippen LogP contribution in [0.5, 0.6) is 11.5 Å². The number of piperidine rings is 2. The third-order valence-corrected chi connectivity index (χ3v) is 8.49. The van der Waals surface area contributed by atoms with E-state index in [1.807, 2.05) is 65.8 Å². The zero-order chi connectivity index (χ0) is 34.8. The first-order valence-electron chi connectivity index (χ1n) is 16.2. The maximum Gasteiger partial charge on any atom is 0.410 e. The Morgan fingerprint density at radius 3 is 1.43 bits per heavy atom. The molecule has 2 fully saturated rings. The van der Waals surface area contributed by atoms with Crippen molar-refractivity contribution in [3.8, 4) is 11.5 Å². The fraction of sp³-hybridized carbons (Fsp3) is 0.588. The summed E-state index contributed by atoms with van der Waals surface area (Å²) in [6, 6.07) is 14.2. The number of carbonyl (C=O) groups is 2. The molecule has 2 aliphatic heterocycles. The minimum atomic E-state index is -3.28. The van der Waals surface area contributed by atoms with Crippen molar-refractivity contribution < 1.29 is 37.0 Å². The third kappa shape index (κ3) is 13.8. The number of hydrogen-bond donors (Lipinski definition) is 2. The number of anilines is 2. The Hall–Kier alpha value is -3.87. The van der Waals surface area contributed by atoms with E-state index < -0.39 is 21.2 Å². The molecular formula is C34H52N4O8S. The van der Waals surface area contributed by atoms with Crippen LogP contribution < -0.4 is 19.9 Å². The lowest BCUT2D eigenvalue weighted by Crippen LogP contribution is -2.44. The summed E-state index contributed by atoms with van der Waals surface area (Å²) in [4.78, 5) is 27.5. The van der Waals surface area contributed by atoms with Crippen LogP contribution in [0, 0.1) is 0 Å². The van der Waals surface area contributed by atoms with Gasteiger partial charge in [-0.3, -0.25) is 4.72 Å². The number of nitrogen functional groups attached to an aromatic ring is 1. The van der Waals surface area contributed by atoms with Gasteiger partial charge in [0.25, 0.3) is 0 Å². The first-order valence-corrected chi connectivity index (χ1v) is 17.8. The summed E-state index contributed by atoms with van der Waals surface area (Å²) in [5.41, 5.74) is 5.94. The Balaban J connectivity index is 0.000000261. The zero-order valence-electron chi connectivity index (χ0n) is 28.8. The molecule has 0 unspecified atom stereocenters. The lowest BCUT2D eigenvalue weighted by atomic mass is 10.1. The molecule has 0 aromatic heterocycles. The molecule has 0 aliphatic carbocycles. The molecule has 0 saturated carbocycles. The van der Waals surface area contributed by atoms with E-state index in [1.165, 1.54) is 0 Å². The molecule has 0 radical (unpaired) electrons. The summed E-state index contributed by atoms with van der Waals surface area (Å²) in [6.45, 7) is 15.3. The summed E-state index contributed by atoms with van der Waals surface area (Å²) >= 11 is 0. The van der Waals surface area contributed by atoms with Crippen LogP contribution in [0.15, 0.2) is 48.5 Å². The highest BCUT2D eigenvalue weighted by Crippen LogP contribution is 2.24. The number of sulfonamides is 1. The lowest BCUT2D eigenvalue weighted by Gasteiger charge is -2.33. The Morgan fingerprint density at radius 1 is 0.723 bits per heavy atom. The average molecular weight is 677 g/mol. The van der Waals surface area contributed by atoms with Gasteiger partial charge in [-0.2, -0.15) is 0 Å². The van der Waals surface area contributed by atoms with Crippen molar-refractivity contribution in [3.05, 3.63) is 48.5 Å². The first-order chi connectivity index (χ1) is 21.9. The van der Waals surface area contributed by atoms with Gasteiger partial charge in [-0.1, -0.05) is 0 Å². The number of nitrogens with one attached hydrogen (secondary N) is 1. The standard InChI is InChI=1S/C18H28N2O5S.C16H24N2O3/c1-5-26(22,23)19-14-6-8-15(9-7-14)24-16-10-12-20(13-11-16)17(21)25-18(2,3)4;1-16(2,3)21-15(19)18-10-8-14(9-11-18)20-13-6-4-12(17)5-7-13/h6-9,16,19H,5,10-13H2,1-4H3;4-7,14H,8-11,17H2,1-3H3. The molecule has 2 heterocycles. The largest absolute Gasteiger partial charge is 0.490 e. The van der Waals surface area contributed by atoms with Crippen LogP contribution in [0.2, 0.25) is 0 Å². The topological polar surface area (TPSA) is 150 Å². The Morgan fingerprint density at radius 2 is 1.09 bits per heavy atom. The number of amides is 2. The van der Waals surface area contributed by atoms with Crippen LogP contribution in [-0.2, 0) is 19.5 Å². The van der Waals surface area contributed by atoms with Gasteiger partial charge in [0, 0.05) is 63.2 Å². The van der Waals surface area contributed by atoms with E-state index in [4.69, 9.17) is 24.7 Å². The number of nitrogens with two attached hydrogens (primary N) is 1. The molecule has 0 atom stereocenters. The molecule has 2 aromatic carbocycles. The van der Waals surface area contributed by atoms with Gasteiger partial charge in [-0.25, -0.2) is 18.0 Å². The monoisotopic (exact) mass is 676 g/mol. The van der Waals surface area contributed by atoms with Crippen molar-refractivity contribution in [3.63, 3.8) is 0 Å². The van der Waals surface area contributed by atoms with Gasteiger partial charge in [-0.05, 0) is 97.0 Å². The van der Waals surface area contributed by atoms with E-state index in [0.717, 1.165) is 37.1 Å². The fourth-order valence-corrected chi connectivity index (χ4v) is 5.39. The molecular weight excluding hydrogens is 624 g/mol. The molecule has 4 rings (SSSR count). The molecule has 0 spiro atoms. The quantitative estimate of drug-likeness (QED) is 0.323. The maximum absolute atomic E-state index is 12.1. The normalized spacial score (nSPS) is 16.4. The summed E-state index contributed by atoms with van der Waals surface area (Å²) in [5.74, 6) is 1.53. The first kappa shape index (κ1) is 37.6. The predicted molar refractivity (Wildman–Crippen MR) is 183 cm³/mol. The van der Waals surface area contributed by atoms with Gasteiger partial charge in [-0.15, -0.1) is 0 Å². The molecule has 0 bridgehead atoms. The van der Waals surface area contributed by atoms with Crippen molar-refractivity contribution in [1.82, 2.24) is 9.80 Å². The highest BCUT2D eigenvalue weighted by Gasteiger charge is 2.29. The second-order valence-electron chi connectivity index (χ2n) is 13.7. The van der Waals surface area contributed by atoms with E-state index in [0.29, 0.717) is 37.6 Å². The highest BCUT2D eigenvalue weighted by atomic mass is 32.2. The van der Waals surface area contributed by atoms with Crippen LogP contribution in [0.1, 0.15) is 74.1 Å². The number of hydrogen-bond acceptors (Lipinski definition) is 9. The minimum Gasteiger partial charge on any atom is -0.490 e. The summed E-state index contributed by atoms with van der Waals surface area (Å²) in [7, 11) is -3.28. The van der Waals surface area contributed by atoms with E-state index in [9.17, 15) is 18.0 Å². The second-order valence-corrected chi connectivity index (χ2v) is 15.7. The van der Waals surface area contributed by atoms with Crippen molar-refractivity contribution in [2.45, 2.75) is 97.6 Å². The van der Waals surface area contributed by atoms with Crippen molar-refractivity contribution in [2.75, 3.05) is 42.4 Å². The third-order valence-electron chi connectivity index (χ3n) is 7.18. The van der Waals surface area contributed by atoms with Gasteiger partial charge in [0.15, 0.2) is 0 Å². The van der Waals surface area contributed by atoms with Gasteiger partial charge >= 0.3 is 12.2 Å². The maximum atomic E-state index is 12.1. The molecule has 13 heteroatoms. The van der Waals surface area contributed by atoms with Crippen LogP contribution in [0.3, 0.4) is 0 Å². The molecule has 47 heavy (non-hydrogen) atoms. The molecule has 12 nitrogen and oxygen atoms in total. The van der Waals surface area contributed by atoms with E-state index in [2.05, 4.69) is 4.72 Å². The highest BCUT2D eigenvalue weighted by molar-refractivity contribution is 7.92. The van der Waals surface area contributed by atoms with Crippen LogP contribution in [-0.4, -0.2) is 85.7 Å². The van der Waals surface area contributed by atoms with Gasteiger partial charge in [0.05, 0.1) is 5.75 Å². The minimum absolute atomic E-state index is 0.0203. The molecule has 3 N–H and O–H groups in total. The summed E-state index contributed by atoms with van der Waals surface area (Å²) in [5, 5.41) is 0. The summed E-state index contributed by atoms with van der Waals surface area (Å²) in [6.07, 6.45) is 2.69. The molecule has 2 aliphatic rings. The van der Waals surface area contributed by atoms with Crippen molar-refractivity contribution in [2.24, 2.45) is 0 Å². The van der Waals surface area contributed by atoms with Crippen molar-refractivity contribution in [1.29, 1.82) is 0 Å². The SMILES string of the molecule is CC(C)(C)OC(=O)N1CCC(Oc2ccc(N)cc2)CC1.CCS(=O)(=O)Nc1ccc(OC2CCN(C(=O)OC(C)(C)C)CC2)cc1. The molecule has 2 amide bonds. The number of nitrogens with zero attached hydrogens (tertiary/aromatic N) is 2. The number of ether oxygens (including phenoxy) is 4. The van der Waals surface area contributed by atoms with Crippen LogP contribution in [0.25, 0.3) is 0 Å². The lowest BCUT2D eigenvalue weighted by molar-refractivity contribution is 0.0115. The number of carbonyl (C=O) groups excluding carboxylic acids is 2. The Bertz CT molecular complexity index is 1390. The van der Waals surface area contributed by atoms with Crippen molar-refractivity contribution >= 4 is 33.6 Å². The van der Waals surface area contributed by atoms with E-state index in [1.54, 1.807) is 41.0 Å². The molecule has 262 valence electrons. The Labute approximate surface area is 279 Å². The van der Waals surface area contributed by atoms with E-state index in [-0.39, 0.29) is 30.1 Å². The summed E-state index contributed by atoms with van der Waals surface area (Å²) < 4.78 is 48.2. The van der Waals surface area contributed by atoms with Crippen LogP contribution in [0.4, 0.5) is 21.0 Å². The zero-order valence-corrected chi connectivity index (χ0v) is 29.6.